The molecule has 0 spiro atoms. The summed E-state index contributed by atoms with van der Waals surface area (Å²) in [6.07, 6.45) is 0. The number of nitrogens with zero attached hydrogens (tertiary/aromatic N) is 1. The van der Waals surface area contributed by atoms with Crippen LogP contribution in [0.3, 0.4) is 0 Å². The quantitative estimate of drug-likeness (QED) is 0.887. The summed E-state index contributed by atoms with van der Waals surface area (Å²) >= 11 is 12.1. The number of aliphatic imine (C=N–C) groups is 1. The molecule has 2 N–H and O–H groups in total. The fourth-order valence-corrected chi connectivity index (χ4v) is 2.19. The molecule has 0 unspecified atom stereocenters. The highest BCUT2D eigenvalue weighted by Crippen LogP contribution is 2.34. The summed E-state index contributed by atoms with van der Waals surface area (Å²) in [5.74, 6) is 1.10. The first-order chi connectivity index (χ1) is 9.06. The molecule has 110 valence electrons. The van der Waals surface area contributed by atoms with E-state index in [2.05, 4.69) is 15.6 Å². The third-order valence-corrected chi connectivity index (χ3v) is 3.03. The van der Waals surface area contributed by atoms with Gasteiger partial charge in [0.1, 0.15) is 18.2 Å². The Morgan fingerprint density at radius 3 is 2.60 bits per heavy atom. The van der Waals surface area contributed by atoms with Crippen molar-refractivity contribution in [1.29, 1.82) is 0 Å². The molecule has 2 rings (SSSR count). The van der Waals surface area contributed by atoms with Crippen molar-refractivity contribution in [2.45, 2.75) is 6.92 Å². The van der Waals surface area contributed by atoms with E-state index in [0.29, 0.717) is 28.1 Å². The van der Waals surface area contributed by atoms with Crippen LogP contribution in [0.15, 0.2) is 17.1 Å². The van der Waals surface area contributed by atoms with E-state index in [4.69, 9.17) is 27.9 Å². The van der Waals surface area contributed by atoms with E-state index in [1.54, 1.807) is 12.1 Å². The maximum Gasteiger partial charge on any atom is 0.221 e. The fraction of sp³-hybridized carbons (Fsp3) is 0.333. The summed E-state index contributed by atoms with van der Waals surface area (Å²) < 4.78 is 5.54. The van der Waals surface area contributed by atoms with Crippen LogP contribution in [0.4, 0.5) is 5.69 Å². The summed E-state index contributed by atoms with van der Waals surface area (Å²) in [4.78, 5) is 15.2. The molecule has 8 heteroatoms. The van der Waals surface area contributed by atoms with E-state index >= 15 is 0 Å². The smallest absolute Gasteiger partial charge is 0.221 e. The van der Waals surface area contributed by atoms with E-state index in [-0.39, 0.29) is 18.3 Å². The minimum atomic E-state index is -0.234. The predicted molar refractivity (Wildman–Crippen MR) is 83.8 cm³/mol. The number of benzene rings is 1. The molecule has 1 aromatic rings. The van der Waals surface area contributed by atoms with Crippen LogP contribution in [0.5, 0.6) is 5.75 Å². The van der Waals surface area contributed by atoms with Gasteiger partial charge in [-0.25, -0.2) is 0 Å². The molecule has 1 aliphatic rings. The molecular formula is C12H14Cl3N3O2. The number of ether oxygens (including phenoxy) is 1. The van der Waals surface area contributed by atoms with Crippen molar-refractivity contribution in [3.8, 4) is 5.75 Å². The van der Waals surface area contributed by atoms with E-state index in [1.165, 1.54) is 6.92 Å². The van der Waals surface area contributed by atoms with Gasteiger partial charge in [-0.15, -0.1) is 12.4 Å². The number of amidine groups is 1. The molecule has 0 fully saturated rings. The van der Waals surface area contributed by atoms with Crippen molar-refractivity contribution in [2.75, 3.05) is 25.0 Å². The number of halogens is 3. The van der Waals surface area contributed by atoms with E-state index in [1.807, 2.05) is 0 Å². The Kier molecular flexibility index (Phi) is 6.39. The lowest BCUT2D eigenvalue weighted by molar-refractivity contribution is -0.114. The standard InChI is InChI=1S/C12H13Cl2N3O2.ClH/c1-7(18)17-12-9(13)4-8(5-10(12)14)19-6-11-15-2-3-16-11;/h4-5H,2-3,6H2,1H3,(H,15,16)(H,17,18);1H. The Bertz CT molecular complexity index is 512. The van der Waals surface area contributed by atoms with Crippen LogP contribution >= 0.6 is 35.6 Å². The van der Waals surface area contributed by atoms with Gasteiger partial charge in [0.25, 0.3) is 0 Å². The number of carbonyl (C=O) groups excluding carboxylic acids is 1. The number of amides is 1. The third kappa shape index (κ3) is 4.44. The number of nitrogens with one attached hydrogen (secondary N) is 2. The minimum Gasteiger partial charge on any atom is -0.486 e. The monoisotopic (exact) mass is 337 g/mol. The van der Waals surface area contributed by atoms with Crippen LogP contribution in [0.25, 0.3) is 0 Å². The van der Waals surface area contributed by atoms with Crippen molar-refractivity contribution >= 4 is 53.0 Å². The minimum absolute atomic E-state index is 0. The lowest BCUT2D eigenvalue weighted by Gasteiger charge is -2.11. The van der Waals surface area contributed by atoms with Gasteiger partial charge in [0, 0.05) is 25.6 Å². The van der Waals surface area contributed by atoms with Crippen LogP contribution in [0, 0.1) is 0 Å². The van der Waals surface area contributed by atoms with Crippen molar-refractivity contribution in [1.82, 2.24) is 5.32 Å². The molecule has 0 aliphatic carbocycles. The highest BCUT2D eigenvalue weighted by molar-refractivity contribution is 6.40. The van der Waals surface area contributed by atoms with Gasteiger partial charge in [-0.05, 0) is 0 Å². The van der Waals surface area contributed by atoms with Gasteiger partial charge >= 0.3 is 0 Å². The Morgan fingerprint density at radius 2 is 2.10 bits per heavy atom. The predicted octanol–water partition coefficient (Wildman–Crippen LogP) is 2.75. The van der Waals surface area contributed by atoms with Crippen LogP contribution in [0.1, 0.15) is 6.92 Å². The fourth-order valence-electron chi connectivity index (χ4n) is 1.62. The lowest BCUT2D eigenvalue weighted by atomic mass is 10.3. The molecule has 0 saturated carbocycles. The van der Waals surface area contributed by atoms with E-state index in [0.717, 1.165) is 18.9 Å². The van der Waals surface area contributed by atoms with Crippen molar-refractivity contribution in [3.63, 3.8) is 0 Å². The van der Waals surface area contributed by atoms with Crippen LogP contribution in [-0.2, 0) is 4.79 Å². The highest BCUT2D eigenvalue weighted by Gasteiger charge is 2.11. The third-order valence-electron chi connectivity index (χ3n) is 2.44. The highest BCUT2D eigenvalue weighted by atomic mass is 35.5. The van der Waals surface area contributed by atoms with Crippen LogP contribution in [0.2, 0.25) is 10.0 Å². The molecule has 20 heavy (non-hydrogen) atoms. The molecule has 0 saturated heterocycles. The molecule has 1 aliphatic heterocycles. The second-order valence-electron chi connectivity index (χ2n) is 3.99. The molecular weight excluding hydrogens is 325 g/mol. The molecule has 0 atom stereocenters. The van der Waals surface area contributed by atoms with Gasteiger partial charge in [-0.1, -0.05) is 23.2 Å². The number of hydrogen-bond acceptors (Lipinski definition) is 4. The van der Waals surface area contributed by atoms with Gasteiger partial charge in [-0.3, -0.25) is 9.79 Å². The Morgan fingerprint density at radius 1 is 1.45 bits per heavy atom. The van der Waals surface area contributed by atoms with Crippen molar-refractivity contribution in [3.05, 3.63) is 22.2 Å². The number of carbonyl (C=O) groups is 1. The van der Waals surface area contributed by atoms with Crippen molar-refractivity contribution in [2.24, 2.45) is 4.99 Å². The Balaban J connectivity index is 0.00000200. The van der Waals surface area contributed by atoms with Crippen molar-refractivity contribution < 1.29 is 9.53 Å². The maximum atomic E-state index is 11.0. The summed E-state index contributed by atoms with van der Waals surface area (Å²) in [6.45, 7) is 3.33. The van der Waals surface area contributed by atoms with E-state index < -0.39 is 0 Å². The number of hydrogen-bond donors (Lipinski definition) is 2. The second-order valence-corrected chi connectivity index (χ2v) is 4.80. The first kappa shape index (κ1) is 16.9. The summed E-state index contributed by atoms with van der Waals surface area (Å²) in [5.41, 5.74) is 0.388. The van der Waals surface area contributed by atoms with Gasteiger partial charge in [-0.2, -0.15) is 0 Å². The summed E-state index contributed by atoms with van der Waals surface area (Å²) in [6, 6.07) is 3.21. The zero-order valence-corrected chi connectivity index (χ0v) is 13.0. The van der Waals surface area contributed by atoms with Crippen LogP contribution in [-0.4, -0.2) is 31.4 Å². The lowest BCUT2D eigenvalue weighted by Crippen LogP contribution is -2.24. The molecule has 0 aromatic heterocycles. The first-order valence-electron chi connectivity index (χ1n) is 5.73. The summed E-state index contributed by atoms with van der Waals surface area (Å²) in [5, 5.41) is 6.33. The molecule has 0 radical (unpaired) electrons. The van der Waals surface area contributed by atoms with Gasteiger partial charge in [0.2, 0.25) is 5.91 Å². The van der Waals surface area contributed by atoms with Gasteiger partial charge in [0.05, 0.1) is 22.3 Å². The Labute approximate surface area is 133 Å². The average Bonchev–Trinajstić information content (AvgIpc) is 2.84. The normalized spacial score (nSPS) is 13.1. The Hall–Kier alpha value is -1.17. The van der Waals surface area contributed by atoms with E-state index in [9.17, 15) is 4.79 Å². The SMILES string of the molecule is CC(=O)Nc1c(Cl)cc(OCC2=NCCN2)cc1Cl.Cl. The van der Waals surface area contributed by atoms with Crippen LogP contribution < -0.4 is 15.4 Å². The molecule has 0 bridgehead atoms. The largest absolute Gasteiger partial charge is 0.486 e. The maximum absolute atomic E-state index is 11.0. The molecule has 1 heterocycles. The number of anilines is 1. The topological polar surface area (TPSA) is 62.7 Å². The zero-order valence-electron chi connectivity index (χ0n) is 10.7. The van der Waals surface area contributed by atoms with Gasteiger partial charge in [0.15, 0.2) is 0 Å². The second kappa shape index (κ2) is 7.57. The zero-order chi connectivity index (χ0) is 13.8. The number of rotatable bonds is 4. The van der Waals surface area contributed by atoms with Gasteiger partial charge < -0.3 is 15.4 Å². The average molecular weight is 339 g/mol. The molecule has 1 amide bonds. The molecule has 1 aromatic carbocycles. The first-order valence-corrected chi connectivity index (χ1v) is 6.48. The molecule has 5 nitrogen and oxygen atoms in total. The summed E-state index contributed by atoms with van der Waals surface area (Å²) in [7, 11) is 0.